The van der Waals surface area contributed by atoms with Gasteiger partial charge in [-0.25, -0.2) is 4.99 Å². The molecule has 2 N–H and O–H groups in total. The molecule has 0 aliphatic rings. The monoisotopic (exact) mass is 451 g/mol. The molecule has 0 bridgehead atoms. The summed E-state index contributed by atoms with van der Waals surface area (Å²) in [6, 6.07) is 24.4. The number of aromatic amines is 1. The summed E-state index contributed by atoms with van der Waals surface area (Å²) in [6.45, 7) is 0.321. The first kappa shape index (κ1) is 22.8. The zero-order valence-electron chi connectivity index (χ0n) is 19.3. The minimum absolute atomic E-state index is 0.00770. The van der Waals surface area contributed by atoms with Crippen LogP contribution in [0.3, 0.4) is 0 Å². The van der Waals surface area contributed by atoms with Gasteiger partial charge in [0.05, 0.1) is 40.7 Å². The largest absolute Gasteiger partial charge is 0.494 e. The number of carbonyl (C=O) groups excluding carboxylic acids is 1. The normalized spacial score (nSPS) is 11.6. The molecule has 4 aromatic rings. The number of hydrogen-bond acceptors (Lipinski definition) is 5. The molecule has 0 saturated heterocycles. The fourth-order valence-electron chi connectivity index (χ4n) is 3.75. The predicted octanol–water partition coefficient (Wildman–Crippen LogP) is 4.44. The maximum Gasteiger partial charge on any atom is 0.240 e. The van der Waals surface area contributed by atoms with E-state index in [0.29, 0.717) is 34.6 Å². The van der Waals surface area contributed by atoms with Crippen LogP contribution in [0.5, 0.6) is 5.88 Å². The predicted molar refractivity (Wildman–Crippen MR) is 135 cm³/mol. The number of nitriles is 1. The van der Waals surface area contributed by atoms with Gasteiger partial charge < -0.3 is 19.9 Å². The summed E-state index contributed by atoms with van der Waals surface area (Å²) >= 11 is 0. The van der Waals surface area contributed by atoms with Gasteiger partial charge in [-0.15, -0.1) is 0 Å². The van der Waals surface area contributed by atoms with Gasteiger partial charge in [-0.2, -0.15) is 5.26 Å². The Kier molecular flexibility index (Phi) is 6.44. The molecule has 1 heterocycles. The quantitative estimate of drug-likeness (QED) is 0.424. The van der Waals surface area contributed by atoms with Crippen molar-refractivity contribution in [2.24, 2.45) is 4.99 Å². The Morgan fingerprint density at radius 1 is 1.03 bits per heavy atom. The highest BCUT2D eigenvalue weighted by molar-refractivity contribution is 6.22. The Morgan fingerprint density at radius 3 is 2.38 bits per heavy atom. The van der Waals surface area contributed by atoms with Crippen LogP contribution in [0.15, 0.2) is 77.8 Å². The summed E-state index contributed by atoms with van der Waals surface area (Å²) in [7, 11) is 5.46. The molecule has 34 heavy (non-hydrogen) atoms. The Hall–Kier alpha value is -4.41. The topological polar surface area (TPSA) is 95.7 Å². The molecule has 7 nitrogen and oxygen atoms in total. The number of anilines is 1. The molecule has 3 aromatic carbocycles. The van der Waals surface area contributed by atoms with Gasteiger partial charge in [0, 0.05) is 23.7 Å². The molecule has 1 aromatic heterocycles. The average Bonchev–Trinajstić information content (AvgIpc) is 3.17. The first-order valence-corrected chi connectivity index (χ1v) is 10.8. The van der Waals surface area contributed by atoms with Gasteiger partial charge in [0.25, 0.3) is 0 Å². The number of benzene rings is 3. The number of aromatic hydroxyl groups is 1. The molecular formula is C27H25N5O2. The SMILES string of the molecule is CN(C)CC(=O)N(C)c1ccc(N=C(c2ccccc2)c2c(O)[nH]c3cc(C#N)ccc23)cc1. The van der Waals surface area contributed by atoms with Crippen LogP contribution in [-0.2, 0) is 4.79 Å². The number of H-pyrrole nitrogens is 1. The van der Waals surface area contributed by atoms with Crippen LogP contribution >= 0.6 is 0 Å². The lowest BCUT2D eigenvalue weighted by Crippen LogP contribution is -2.34. The number of aliphatic imine (C=N–C) groups is 1. The smallest absolute Gasteiger partial charge is 0.240 e. The van der Waals surface area contributed by atoms with E-state index in [2.05, 4.69) is 11.1 Å². The molecule has 170 valence electrons. The first-order valence-electron chi connectivity index (χ1n) is 10.8. The van der Waals surface area contributed by atoms with Crippen molar-refractivity contribution in [2.45, 2.75) is 0 Å². The van der Waals surface area contributed by atoms with Crippen molar-refractivity contribution in [3.05, 3.63) is 89.5 Å². The van der Waals surface area contributed by atoms with Crippen LogP contribution < -0.4 is 4.90 Å². The second-order valence-electron chi connectivity index (χ2n) is 8.25. The van der Waals surface area contributed by atoms with Gasteiger partial charge in [0.1, 0.15) is 0 Å². The summed E-state index contributed by atoms with van der Waals surface area (Å²) in [5.74, 6) is -0.0231. The lowest BCUT2D eigenvalue weighted by Gasteiger charge is -2.19. The summed E-state index contributed by atoms with van der Waals surface area (Å²) in [5, 5.41) is 20.8. The van der Waals surface area contributed by atoms with E-state index >= 15 is 0 Å². The van der Waals surface area contributed by atoms with Crippen molar-refractivity contribution in [3.8, 4) is 11.9 Å². The fourth-order valence-corrected chi connectivity index (χ4v) is 3.75. The summed E-state index contributed by atoms with van der Waals surface area (Å²) < 4.78 is 0. The number of carbonyl (C=O) groups is 1. The second-order valence-corrected chi connectivity index (χ2v) is 8.25. The van der Waals surface area contributed by atoms with Crippen LogP contribution in [0.1, 0.15) is 16.7 Å². The molecule has 0 spiro atoms. The molecule has 0 aliphatic carbocycles. The van der Waals surface area contributed by atoms with Crippen molar-refractivity contribution >= 4 is 33.9 Å². The van der Waals surface area contributed by atoms with Gasteiger partial charge in [0.15, 0.2) is 5.88 Å². The number of rotatable bonds is 6. The van der Waals surface area contributed by atoms with Crippen LogP contribution in [0.25, 0.3) is 10.9 Å². The van der Waals surface area contributed by atoms with Gasteiger partial charge in [-0.1, -0.05) is 36.4 Å². The second kappa shape index (κ2) is 9.61. The third-order valence-electron chi connectivity index (χ3n) is 5.50. The third kappa shape index (κ3) is 4.68. The molecule has 0 radical (unpaired) electrons. The highest BCUT2D eigenvalue weighted by atomic mass is 16.3. The zero-order valence-corrected chi connectivity index (χ0v) is 19.3. The van der Waals surface area contributed by atoms with Crippen molar-refractivity contribution in [1.82, 2.24) is 9.88 Å². The van der Waals surface area contributed by atoms with Crippen LogP contribution in [0.4, 0.5) is 11.4 Å². The van der Waals surface area contributed by atoms with Crippen molar-refractivity contribution < 1.29 is 9.90 Å². The van der Waals surface area contributed by atoms with Crippen molar-refractivity contribution in [2.75, 3.05) is 32.6 Å². The summed E-state index contributed by atoms with van der Waals surface area (Å²) in [5.41, 5.74) is 4.61. The van der Waals surface area contributed by atoms with E-state index in [4.69, 9.17) is 4.99 Å². The maximum absolute atomic E-state index is 12.4. The molecule has 0 fully saturated rings. The first-order chi connectivity index (χ1) is 16.4. The number of amides is 1. The third-order valence-corrected chi connectivity index (χ3v) is 5.50. The number of fused-ring (bicyclic) bond motifs is 1. The standard InChI is InChI=1S/C27H25N5O2/c1-31(2)17-24(33)32(3)21-12-10-20(11-13-21)29-26(19-7-5-4-6-8-19)25-22-14-9-18(16-28)15-23(22)30-27(25)34/h4-15,30,34H,17H2,1-3H3. The van der Waals surface area contributed by atoms with E-state index < -0.39 is 0 Å². The van der Waals surface area contributed by atoms with Gasteiger partial charge in [-0.3, -0.25) is 4.79 Å². The van der Waals surface area contributed by atoms with Crippen LogP contribution in [-0.4, -0.2) is 54.3 Å². The summed E-state index contributed by atoms with van der Waals surface area (Å²) in [4.78, 5) is 23.7. The molecule has 1 amide bonds. The number of nitrogens with zero attached hydrogens (tertiary/aromatic N) is 4. The van der Waals surface area contributed by atoms with Crippen molar-refractivity contribution in [3.63, 3.8) is 0 Å². The maximum atomic E-state index is 12.4. The van der Waals surface area contributed by atoms with E-state index in [0.717, 1.165) is 16.6 Å². The van der Waals surface area contributed by atoms with Crippen LogP contribution in [0, 0.1) is 11.3 Å². The van der Waals surface area contributed by atoms with Crippen LogP contribution in [0.2, 0.25) is 0 Å². The Labute approximate surface area is 198 Å². The summed E-state index contributed by atoms with van der Waals surface area (Å²) in [6.07, 6.45) is 0. The number of hydrogen-bond donors (Lipinski definition) is 2. The lowest BCUT2D eigenvalue weighted by atomic mass is 10.00. The molecule has 7 heteroatoms. The molecular weight excluding hydrogens is 426 g/mol. The molecule has 4 rings (SSSR count). The van der Waals surface area contributed by atoms with Gasteiger partial charge in [-0.05, 0) is 50.5 Å². The minimum Gasteiger partial charge on any atom is -0.494 e. The Bertz CT molecular complexity index is 1400. The molecule has 0 aliphatic heterocycles. The van der Waals surface area contributed by atoms with E-state index in [1.165, 1.54) is 0 Å². The van der Waals surface area contributed by atoms with Gasteiger partial charge in [0.2, 0.25) is 5.91 Å². The number of aromatic nitrogens is 1. The zero-order chi connectivity index (χ0) is 24.2. The highest BCUT2D eigenvalue weighted by Crippen LogP contribution is 2.32. The van der Waals surface area contributed by atoms with Crippen molar-refractivity contribution in [1.29, 1.82) is 5.26 Å². The van der Waals surface area contributed by atoms with E-state index in [1.54, 1.807) is 24.1 Å². The van der Waals surface area contributed by atoms with E-state index in [1.807, 2.05) is 79.7 Å². The minimum atomic E-state index is -0.0154. The molecule has 0 saturated carbocycles. The molecule has 0 atom stereocenters. The number of likely N-dealkylation sites (N-methyl/N-ethyl adjacent to an activating group) is 2. The van der Waals surface area contributed by atoms with E-state index in [-0.39, 0.29) is 11.8 Å². The fraction of sp³-hybridized carbons (Fsp3) is 0.148. The highest BCUT2D eigenvalue weighted by Gasteiger charge is 2.19. The van der Waals surface area contributed by atoms with Gasteiger partial charge >= 0.3 is 0 Å². The number of nitrogens with one attached hydrogen (secondary N) is 1. The lowest BCUT2D eigenvalue weighted by molar-refractivity contribution is -0.118. The molecule has 0 unspecified atom stereocenters. The van der Waals surface area contributed by atoms with E-state index in [9.17, 15) is 15.2 Å². The Balaban J connectivity index is 1.78. The Morgan fingerprint density at radius 2 is 1.74 bits per heavy atom. The average molecular weight is 452 g/mol.